The third-order valence-electron chi connectivity index (χ3n) is 3.93. The van der Waals surface area contributed by atoms with Gasteiger partial charge >= 0.3 is 11.9 Å². The van der Waals surface area contributed by atoms with Gasteiger partial charge in [-0.3, -0.25) is 14.5 Å². The van der Waals surface area contributed by atoms with E-state index in [9.17, 15) is 18.8 Å². The smallest absolute Gasteiger partial charge is 0.343 e. The van der Waals surface area contributed by atoms with Crippen LogP contribution in [0.15, 0.2) is 47.4 Å². The summed E-state index contributed by atoms with van der Waals surface area (Å²) in [6, 6.07) is 9.55. The molecule has 0 saturated carbocycles. The highest BCUT2D eigenvalue weighted by atomic mass is 32.2. The third kappa shape index (κ3) is 4.84. The van der Waals surface area contributed by atoms with Crippen molar-refractivity contribution in [3.63, 3.8) is 0 Å². The van der Waals surface area contributed by atoms with Crippen LogP contribution in [0, 0.1) is 5.82 Å². The van der Waals surface area contributed by atoms with Crippen molar-refractivity contribution >= 4 is 52.2 Å². The first-order chi connectivity index (χ1) is 14.3. The molecule has 7 nitrogen and oxygen atoms in total. The number of ether oxygens (including phenoxy) is 2. The zero-order valence-electron chi connectivity index (χ0n) is 15.5. The number of aliphatic carboxylic acids is 1. The van der Waals surface area contributed by atoms with E-state index in [1.54, 1.807) is 12.1 Å². The summed E-state index contributed by atoms with van der Waals surface area (Å²) < 4.78 is 23.7. The van der Waals surface area contributed by atoms with Crippen LogP contribution in [0.4, 0.5) is 4.39 Å². The molecule has 2 aromatic carbocycles. The number of hydrogen-bond acceptors (Lipinski definition) is 7. The number of carboxylic acid groups (broad SMARTS) is 1. The van der Waals surface area contributed by atoms with Gasteiger partial charge in [-0.2, -0.15) is 0 Å². The predicted molar refractivity (Wildman–Crippen MR) is 112 cm³/mol. The number of methoxy groups -OCH3 is 1. The van der Waals surface area contributed by atoms with Gasteiger partial charge in [-0.1, -0.05) is 30.0 Å². The first-order valence-corrected chi connectivity index (χ1v) is 9.64. The molecule has 30 heavy (non-hydrogen) atoms. The fraction of sp³-hybridized carbons (Fsp3) is 0.100. The lowest BCUT2D eigenvalue weighted by Gasteiger charge is -2.11. The Kier molecular flexibility index (Phi) is 6.48. The highest BCUT2D eigenvalue weighted by Gasteiger charge is 2.33. The SMILES string of the molecule is COc1cc(/C=C2\SC(=S)N(CC(=O)O)C2=O)ccc1OC(=O)c1ccc(F)cc1. The molecule has 2 aromatic rings. The molecule has 10 heteroatoms. The summed E-state index contributed by atoms with van der Waals surface area (Å²) in [7, 11) is 1.39. The Hall–Kier alpha value is -3.24. The summed E-state index contributed by atoms with van der Waals surface area (Å²) in [4.78, 5) is 36.7. The lowest BCUT2D eigenvalue weighted by atomic mass is 10.1. The van der Waals surface area contributed by atoms with Crippen molar-refractivity contribution in [1.82, 2.24) is 4.90 Å². The first kappa shape index (κ1) is 21.5. The number of thioether (sulfide) groups is 1. The van der Waals surface area contributed by atoms with Crippen LogP contribution >= 0.6 is 24.0 Å². The molecule has 0 unspecified atom stereocenters. The van der Waals surface area contributed by atoms with Gasteiger partial charge in [-0.05, 0) is 48.0 Å². The fourth-order valence-corrected chi connectivity index (χ4v) is 3.78. The van der Waals surface area contributed by atoms with E-state index < -0.39 is 30.2 Å². The largest absolute Gasteiger partial charge is 0.493 e. The standard InChI is InChI=1S/C20H14FNO6S2/c1-27-15-8-11(9-16-18(25)22(10-17(23)24)20(29)30-16)2-7-14(15)28-19(26)12-3-5-13(21)6-4-12/h2-9H,10H2,1H3,(H,23,24)/b16-9-. The van der Waals surface area contributed by atoms with Gasteiger partial charge in [-0.25, -0.2) is 9.18 Å². The van der Waals surface area contributed by atoms with Gasteiger partial charge < -0.3 is 14.6 Å². The van der Waals surface area contributed by atoms with Crippen molar-refractivity contribution in [1.29, 1.82) is 0 Å². The molecule has 3 rings (SSSR count). The van der Waals surface area contributed by atoms with Crippen LogP contribution in [0.3, 0.4) is 0 Å². The molecular weight excluding hydrogens is 433 g/mol. The van der Waals surface area contributed by atoms with Crippen LogP contribution < -0.4 is 9.47 Å². The van der Waals surface area contributed by atoms with E-state index in [1.807, 2.05) is 0 Å². The minimum Gasteiger partial charge on any atom is -0.493 e. The number of carbonyl (C=O) groups is 3. The predicted octanol–water partition coefficient (Wildman–Crippen LogP) is 3.34. The summed E-state index contributed by atoms with van der Waals surface area (Å²) in [6.45, 7) is -0.510. The molecule has 0 bridgehead atoms. The molecule has 1 heterocycles. The normalized spacial score (nSPS) is 14.9. The van der Waals surface area contributed by atoms with Crippen molar-refractivity contribution in [3.05, 3.63) is 64.3 Å². The number of rotatable bonds is 6. The summed E-state index contributed by atoms with van der Waals surface area (Å²) >= 11 is 6.05. The maximum atomic E-state index is 13.0. The number of benzene rings is 2. The van der Waals surface area contributed by atoms with E-state index in [0.717, 1.165) is 28.8 Å². The zero-order chi connectivity index (χ0) is 21.8. The Balaban J connectivity index is 1.80. The van der Waals surface area contributed by atoms with Crippen molar-refractivity contribution in [3.8, 4) is 11.5 Å². The monoisotopic (exact) mass is 447 g/mol. The average Bonchev–Trinajstić information content (AvgIpc) is 2.96. The molecule has 1 saturated heterocycles. The van der Waals surface area contributed by atoms with E-state index in [1.165, 1.54) is 31.4 Å². The van der Waals surface area contributed by atoms with E-state index in [0.29, 0.717) is 5.56 Å². The maximum Gasteiger partial charge on any atom is 0.343 e. The number of carbonyl (C=O) groups excluding carboxylic acids is 2. The second-order valence-electron chi connectivity index (χ2n) is 5.97. The third-order valence-corrected chi connectivity index (χ3v) is 5.31. The number of esters is 1. The topological polar surface area (TPSA) is 93.1 Å². The quantitative estimate of drug-likeness (QED) is 0.312. The minimum atomic E-state index is -1.17. The maximum absolute atomic E-state index is 13.0. The van der Waals surface area contributed by atoms with Crippen LogP contribution in [0.25, 0.3) is 6.08 Å². The number of hydrogen-bond donors (Lipinski definition) is 1. The second-order valence-corrected chi connectivity index (χ2v) is 7.64. The Morgan fingerprint density at radius 2 is 1.90 bits per heavy atom. The molecule has 1 aliphatic rings. The second kappa shape index (κ2) is 9.06. The Morgan fingerprint density at radius 3 is 2.53 bits per heavy atom. The fourth-order valence-electron chi connectivity index (χ4n) is 2.53. The zero-order valence-corrected chi connectivity index (χ0v) is 17.1. The van der Waals surface area contributed by atoms with Gasteiger partial charge in [0.25, 0.3) is 5.91 Å². The van der Waals surface area contributed by atoms with E-state index in [-0.39, 0.29) is 26.3 Å². The van der Waals surface area contributed by atoms with E-state index >= 15 is 0 Å². The van der Waals surface area contributed by atoms with E-state index in [2.05, 4.69) is 0 Å². The molecule has 0 radical (unpaired) electrons. The van der Waals surface area contributed by atoms with Crippen molar-refractivity contribution < 1.29 is 33.4 Å². The number of amides is 1. The van der Waals surface area contributed by atoms with Crippen molar-refractivity contribution in [2.45, 2.75) is 0 Å². The Morgan fingerprint density at radius 1 is 1.20 bits per heavy atom. The first-order valence-electron chi connectivity index (χ1n) is 8.41. The van der Waals surface area contributed by atoms with Gasteiger partial charge in [0, 0.05) is 0 Å². The Bertz CT molecular complexity index is 1070. The molecule has 0 aromatic heterocycles. The lowest BCUT2D eigenvalue weighted by Crippen LogP contribution is -2.33. The minimum absolute atomic E-state index is 0.141. The highest BCUT2D eigenvalue weighted by Crippen LogP contribution is 2.34. The van der Waals surface area contributed by atoms with Crippen molar-refractivity contribution in [2.75, 3.05) is 13.7 Å². The van der Waals surface area contributed by atoms with Gasteiger partial charge in [0.15, 0.2) is 11.5 Å². The number of carboxylic acids is 1. The molecule has 1 aliphatic heterocycles. The van der Waals surface area contributed by atoms with Gasteiger partial charge in [0.2, 0.25) is 0 Å². The summed E-state index contributed by atoms with van der Waals surface area (Å²) in [5, 5.41) is 8.89. The molecule has 1 N–H and O–H groups in total. The number of thiocarbonyl (C=S) groups is 1. The van der Waals surface area contributed by atoms with Gasteiger partial charge in [0.1, 0.15) is 16.7 Å². The average molecular weight is 447 g/mol. The van der Waals surface area contributed by atoms with Crippen molar-refractivity contribution in [2.24, 2.45) is 0 Å². The molecule has 1 fully saturated rings. The molecule has 1 amide bonds. The van der Waals surface area contributed by atoms with Crippen LogP contribution in [-0.2, 0) is 9.59 Å². The lowest BCUT2D eigenvalue weighted by molar-refractivity contribution is -0.140. The molecular formula is C20H14FNO6S2. The van der Waals surface area contributed by atoms with Crippen LogP contribution in [0.2, 0.25) is 0 Å². The summed E-state index contributed by atoms with van der Waals surface area (Å²) in [6.07, 6.45) is 1.54. The summed E-state index contributed by atoms with van der Waals surface area (Å²) in [5.74, 6) is -2.44. The molecule has 0 spiro atoms. The van der Waals surface area contributed by atoms with Gasteiger partial charge in [0.05, 0.1) is 17.6 Å². The molecule has 154 valence electrons. The number of nitrogens with zero attached hydrogens (tertiary/aromatic N) is 1. The highest BCUT2D eigenvalue weighted by molar-refractivity contribution is 8.26. The van der Waals surface area contributed by atoms with Crippen LogP contribution in [-0.4, -0.2) is 45.8 Å². The Labute approximate surface area is 180 Å². The van der Waals surface area contributed by atoms with Crippen LogP contribution in [0.1, 0.15) is 15.9 Å². The molecule has 0 aliphatic carbocycles. The molecule has 0 atom stereocenters. The van der Waals surface area contributed by atoms with E-state index in [4.69, 9.17) is 26.8 Å². The number of halogens is 1. The van der Waals surface area contributed by atoms with Gasteiger partial charge in [-0.15, -0.1) is 0 Å². The van der Waals surface area contributed by atoms with Crippen LogP contribution in [0.5, 0.6) is 11.5 Å². The summed E-state index contributed by atoms with van der Waals surface area (Å²) in [5.41, 5.74) is 0.730.